The van der Waals surface area contributed by atoms with Crippen LogP contribution in [0.2, 0.25) is 0 Å². The minimum Gasteiger partial charge on any atom is -0.345 e. The Balaban J connectivity index is 1.74. The van der Waals surface area contributed by atoms with Crippen LogP contribution in [-0.4, -0.2) is 22.8 Å². The number of fused-ring (bicyclic) bond motifs is 1. The van der Waals surface area contributed by atoms with Crippen molar-refractivity contribution in [3.05, 3.63) is 66.7 Å². The number of hydrogen-bond acceptors (Lipinski definition) is 3. The monoisotopic (exact) mass is 336 g/mol. The summed E-state index contributed by atoms with van der Waals surface area (Å²) in [4.78, 5) is 4.14. The molecule has 0 spiro atoms. The Bertz CT molecular complexity index is 840. The van der Waals surface area contributed by atoms with Crippen LogP contribution in [0, 0.1) is 5.41 Å². The van der Waals surface area contributed by atoms with E-state index in [2.05, 4.69) is 65.9 Å². The standard InChI is InChI=1S/C21H24N2O2/c1-20(2)14-24-21(25-15-20,10-12-23-13-11-22-16-23)19-9-5-7-17-6-3-4-8-18(17)19/h3-9,11,13,16H,10,12,14-15H2,1-2H3. The van der Waals surface area contributed by atoms with E-state index in [1.54, 1.807) is 6.20 Å². The second-order valence-electron chi connectivity index (χ2n) is 7.57. The zero-order chi connectivity index (χ0) is 17.3. The van der Waals surface area contributed by atoms with Crippen LogP contribution in [0.15, 0.2) is 61.2 Å². The number of ether oxygens (including phenoxy) is 2. The van der Waals surface area contributed by atoms with Gasteiger partial charge in [-0.1, -0.05) is 56.3 Å². The lowest BCUT2D eigenvalue weighted by molar-refractivity contribution is -0.311. The summed E-state index contributed by atoms with van der Waals surface area (Å²) < 4.78 is 14.9. The second-order valence-corrected chi connectivity index (χ2v) is 7.57. The molecule has 4 nitrogen and oxygen atoms in total. The number of aromatic nitrogens is 2. The van der Waals surface area contributed by atoms with Gasteiger partial charge in [-0.25, -0.2) is 4.98 Å². The van der Waals surface area contributed by atoms with E-state index >= 15 is 0 Å². The van der Waals surface area contributed by atoms with Gasteiger partial charge in [-0.15, -0.1) is 0 Å². The van der Waals surface area contributed by atoms with Gasteiger partial charge in [0, 0.05) is 36.3 Å². The summed E-state index contributed by atoms with van der Waals surface area (Å²) in [5.41, 5.74) is 1.14. The van der Waals surface area contributed by atoms with Crippen molar-refractivity contribution in [1.82, 2.24) is 9.55 Å². The summed E-state index contributed by atoms with van der Waals surface area (Å²) in [6.07, 6.45) is 6.36. The van der Waals surface area contributed by atoms with Crippen molar-refractivity contribution in [1.29, 1.82) is 0 Å². The number of imidazole rings is 1. The highest BCUT2D eigenvalue weighted by Gasteiger charge is 2.42. The van der Waals surface area contributed by atoms with Crippen molar-refractivity contribution < 1.29 is 9.47 Å². The summed E-state index contributed by atoms with van der Waals surface area (Å²) in [6.45, 7) is 6.51. The maximum absolute atomic E-state index is 6.42. The first-order valence-corrected chi connectivity index (χ1v) is 8.80. The van der Waals surface area contributed by atoms with Gasteiger partial charge in [0.25, 0.3) is 0 Å². The predicted molar refractivity (Wildman–Crippen MR) is 98.2 cm³/mol. The molecule has 0 radical (unpaired) electrons. The van der Waals surface area contributed by atoms with Crippen LogP contribution < -0.4 is 0 Å². The zero-order valence-corrected chi connectivity index (χ0v) is 14.8. The fourth-order valence-electron chi connectivity index (χ4n) is 3.39. The van der Waals surface area contributed by atoms with Crippen molar-refractivity contribution in [2.75, 3.05) is 13.2 Å². The molecule has 2 heterocycles. The molecule has 0 saturated carbocycles. The van der Waals surface area contributed by atoms with Crippen molar-refractivity contribution in [3.63, 3.8) is 0 Å². The third-order valence-corrected chi connectivity index (χ3v) is 4.85. The number of nitrogens with zero attached hydrogens (tertiary/aromatic N) is 2. The van der Waals surface area contributed by atoms with Crippen LogP contribution in [0.1, 0.15) is 25.8 Å². The first kappa shape index (κ1) is 16.3. The predicted octanol–water partition coefficient (Wildman–Crippen LogP) is 4.35. The average molecular weight is 336 g/mol. The zero-order valence-electron chi connectivity index (χ0n) is 14.8. The summed E-state index contributed by atoms with van der Waals surface area (Å²) in [6, 6.07) is 14.8. The molecule has 0 amide bonds. The Hall–Kier alpha value is -2.17. The number of benzene rings is 2. The van der Waals surface area contributed by atoms with E-state index in [0.717, 1.165) is 18.5 Å². The molecule has 1 saturated heterocycles. The molecule has 25 heavy (non-hydrogen) atoms. The van der Waals surface area contributed by atoms with E-state index in [1.807, 2.05) is 12.5 Å². The van der Waals surface area contributed by atoms with E-state index in [-0.39, 0.29) is 5.41 Å². The Labute approximate surface area is 148 Å². The summed E-state index contributed by atoms with van der Waals surface area (Å²) in [7, 11) is 0. The highest BCUT2D eigenvalue weighted by Crippen LogP contribution is 2.42. The van der Waals surface area contributed by atoms with Crippen molar-refractivity contribution in [3.8, 4) is 0 Å². The molecule has 1 fully saturated rings. The molecule has 1 aromatic heterocycles. The smallest absolute Gasteiger partial charge is 0.197 e. The topological polar surface area (TPSA) is 36.3 Å². The quantitative estimate of drug-likeness (QED) is 0.710. The molecule has 0 atom stereocenters. The van der Waals surface area contributed by atoms with Crippen molar-refractivity contribution >= 4 is 10.8 Å². The van der Waals surface area contributed by atoms with Crippen LogP contribution in [-0.2, 0) is 21.8 Å². The number of rotatable bonds is 4. The lowest BCUT2D eigenvalue weighted by Gasteiger charge is -2.44. The highest BCUT2D eigenvalue weighted by atomic mass is 16.7. The van der Waals surface area contributed by atoms with Crippen molar-refractivity contribution in [2.24, 2.45) is 5.41 Å². The van der Waals surface area contributed by atoms with Crippen molar-refractivity contribution in [2.45, 2.75) is 32.6 Å². The summed E-state index contributed by atoms with van der Waals surface area (Å²) >= 11 is 0. The minimum absolute atomic E-state index is 0.0308. The van der Waals surface area contributed by atoms with Gasteiger partial charge in [-0.05, 0) is 10.8 Å². The molecule has 1 aliphatic rings. The van der Waals surface area contributed by atoms with E-state index in [9.17, 15) is 0 Å². The van der Waals surface area contributed by atoms with Gasteiger partial charge in [-0.3, -0.25) is 0 Å². The molecule has 2 aromatic carbocycles. The maximum Gasteiger partial charge on any atom is 0.197 e. The summed E-state index contributed by atoms with van der Waals surface area (Å²) in [5, 5.41) is 2.40. The fraction of sp³-hybridized carbons (Fsp3) is 0.381. The number of aryl methyl sites for hydroxylation is 1. The van der Waals surface area contributed by atoms with Gasteiger partial charge in [0.15, 0.2) is 5.79 Å². The molecule has 3 aromatic rings. The SMILES string of the molecule is CC1(C)COC(CCn2ccnc2)(c2cccc3ccccc23)OC1. The van der Waals surface area contributed by atoms with Gasteiger partial charge in [0.05, 0.1) is 19.5 Å². The Morgan fingerprint density at radius 2 is 1.80 bits per heavy atom. The molecule has 4 rings (SSSR count). The van der Waals surface area contributed by atoms with Crippen LogP contribution in [0.4, 0.5) is 0 Å². The molecular weight excluding hydrogens is 312 g/mol. The van der Waals surface area contributed by atoms with E-state index in [1.165, 1.54) is 10.8 Å². The maximum atomic E-state index is 6.42. The van der Waals surface area contributed by atoms with Crippen LogP contribution in [0.3, 0.4) is 0 Å². The molecule has 130 valence electrons. The Kier molecular flexibility index (Phi) is 4.10. The minimum atomic E-state index is -0.722. The van der Waals surface area contributed by atoms with Gasteiger partial charge >= 0.3 is 0 Å². The van der Waals surface area contributed by atoms with Crippen LogP contribution in [0.5, 0.6) is 0 Å². The third kappa shape index (κ3) is 3.20. The first-order valence-electron chi connectivity index (χ1n) is 8.80. The van der Waals surface area contributed by atoms with Gasteiger partial charge < -0.3 is 14.0 Å². The largest absolute Gasteiger partial charge is 0.345 e. The van der Waals surface area contributed by atoms with Crippen LogP contribution >= 0.6 is 0 Å². The summed E-state index contributed by atoms with van der Waals surface area (Å²) in [5.74, 6) is -0.722. The van der Waals surface area contributed by atoms with Crippen LogP contribution in [0.25, 0.3) is 10.8 Å². The molecule has 0 unspecified atom stereocenters. The number of hydrogen-bond donors (Lipinski definition) is 0. The Morgan fingerprint density at radius 1 is 1.04 bits per heavy atom. The first-order chi connectivity index (χ1) is 12.1. The highest BCUT2D eigenvalue weighted by molar-refractivity contribution is 5.86. The molecular formula is C21H24N2O2. The molecule has 4 heteroatoms. The molecule has 0 N–H and O–H groups in total. The lowest BCUT2D eigenvalue weighted by atomic mass is 9.90. The van der Waals surface area contributed by atoms with E-state index < -0.39 is 5.79 Å². The third-order valence-electron chi connectivity index (χ3n) is 4.85. The second kappa shape index (κ2) is 6.28. The normalized spacial score (nSPS) is 19.1. The van der Waals surface area contributed by atoms with Gasteiger partial charge in [-0.2, -0.15) is 0 Å². The molecule has 1 aliphatic heterocycles. The van der Waals surface area contributed by atoms with Gasteiger partial charge in [0.2, 0.25) is 0 Å². The average Bonchev–Trinajstić information content (AvgIpc) is 3.15. The lowest BCUT2D eigenvalue weighted by Crippen LogP contribution is -2.46. The Morgan fingerprint density at radius 3 is 2.56 bits per heavy atom. The van der Waals surface area contributed by atoms with E-state index in [4.69, 9.17) is 9.47 Å². The molecule has 0 bridgehead atoms. The van der Waals surface area contributed by atoms with E-state index in [0.29, 0.717) is 13.2 Å². The fourth-order valence-corrected chi connectivity index (χ4v) is 3.39. The molecule has 0 aliphatic carbocycles. The van der Waals surface area contributed by atoms with Gasteiger partial charge in [0.1, 0.15) is 0 Å².